The minimum atomic E-state index is 0.686. The molecular formula is C12H10N2. The summed E-state index contributed by atoms with van der Waals surface area (Å²) in [4.78, 5) is 0. The zero-order valence-electron chi connectivity index (χ0n) is 8.20. The van der Waals surface area contributed by atoms with Gasteiger partial charge in [-0.25, -0.2) is 0 Å². The van der Waals surface area contributed by atoms with Crippen LogP contribution in [0.5, 0.6) is 0 Å². The van der Waals surface area contributed by atoms with Gasteiger partial charge < -0.3 is 0 Å². The lowest BCUT2D eigenvalue weighted by atomic mass is 10.1. The molecule has 0 saturated carbocycles. The summed E-state index contributed by atoms with van der Waals surface area (Å²) in [6, 6.07) is 11.6. The van der Waals surface area contributed by atoms with Crippen molar-refractivity contribution < 1.29 is 0 Å². The Morgan fingerprint density at radius 3 is 1.36 bits per heavy atom. The Kier molecular flexibility index (Phi) is 3.05. The van der Waals surface area contributed by atoms with Crippen molar-refractivity contribution in [1.29, 1.82) is 10.5 Å². The van der Waals surface area contributed by atoms with E-state index < -0.39 is 0 Å². The quantitative estimate of drug-likeness (QED) is 0.602. The van der Waals surface area contributed by atoms with Gasteiger partial charge in [-0.2, -0.15) is 10.5 Å². The van der Waals surface area contributed by atoms with Crippen LogP contribution < -0.4 is 10.4 Å². The van der Waals surface area contributed by atoms with E-state index in [2.05, 4.69) is 12.1 Å². The molecule has 0 aliphatic heterocycles. The Balaban J connectivity index is 3.45. The van der Waals surface area contributed by atoms with E-state index >= 15 is 0 Å². The van der Waals surface area contributed by atoms with Crippen LogP contribution in [0.15, 0.2) is 24.3 Å². The smallest absolute Gasteiger partial charge is 0.0950 e. The molecular weight excluding hydrogens is 172 g/mol. The molecule has 0 fully saturated rings. The van der Waals surface area contributed by atoms with Crippen LogP contribution >= 0.6 is 0 Å². The van der Waals surface area contributed by atoms with Crippen molar-refractivity contribution in [2.24, 2.45) is 0 Å². The van der Waals surface area contributed by atoms with Gasteiger partial charge in [0.05, 0.1) is 12.1 Å². The summed E-state index contributed by atoms with van der Waals surface area (Å²) < 4.78 is 0. The number of rotatable bonds is 0. The molecule has 0 radical (unpaired) electrons. The highest BCUT2D eigenvalue weighted by atomic mass is 14.2. The Hall–Kier alpha value is -2.06. The lowest BCUT2D eigenvalue weighted by molar-refractivity contribution is 1.45. The third kappa shape index (κ3) is 2.00. The maximum absolute atomic E-state index is 8.67. The summed E-state index contributed by atoms with van der Waals surface area (Å²) >= 11 is 0. The lowest BCUT2D eigenvalue weighted by Gasteiger charge is -1.90. The number of benzene rings is 1. The largest absolute Gasteiger partial charge is 0.193 e. The van der Waals surface area contributed by atoms with Crippen LogP contribution in [-0.4, -0.2) is 0 Å². The van der Waals surface area contributed by atoms with Gasteiger partial charge in [0.25, 0.3) is 0 Å². The standard InChI is InChI=1S/C12H10N2/c1-9(7-13)11-3-5-12(6-4-11)10(2)8-14/h3-6H,1-2H3. The van der Waals surface area contributed by atoms with Crippen molar-refractivity contribution in [2.45, 2.75) is 13.8 Å². The van der Waals surface area contributed by atoms with Crippen LogP contribution in [-0.2, 0) is 0 Å². The topological polar surface area (TPSA) is 47.6 Å². The summed E-state index contributed by atoms with van der Waals surface area (Å²) in [6.07, 6.45) is 0. The maximum Gasteiger partial charge on any atom is 0.0950 e. The van der Waals surface area contributed by atoms with E-state index in [-0.39, 0.29) is 0 Å². The Bertz CT molecular complexity index is 465. The first-order valence-electron chi connectivity index (χ1n) is 4.27. The summed E-state index contributed by atoms with van der Waals surface area (Å²) in [5.41, 5.74) is 1.37. The van der Waals surface area contributed by atoms with Crippen LogP contribution in [0.4, 0.5) is 0 Å². The Labute approximate surface area is 83.0 Å². The fourth-order valence-corrected chi connectivity index (χ4v) is 1.10. The molecule has 1 rings (SSSR count). The Morgan fingerprint density at radius 2 is 1.14 bits per heavy atom. The average molecular weight is 182 g/mol. The second-order valence-electron chi connectivity index (χ2n) is 3.05. The van der Waals surface area contributed by atoms with E-state index in [0.717, 1.165) is 10.4 Å². The molecule has 0 amide bonds. The van der Waals surface area contributed by atoms with Crippen LogP contribution in [0, 0.1) is 22.7 Å². The first-order chi connectivity index (χ1) is 6.69. The van der Waals surface area contributed by atoms with E-state index in [0.29, 0.717) is 11.1 Å². The van der Waals surface area contributed by atoms with Crippen LogP contribution in [0.3, 0.4) is 0 Å². The molecule has 1 aromatic carbocycles. The van der Waals surface area contributed by atoms with Gasteiger partial charge in [-0.05, 0) is 24.3 Å². The molecule has 0 atom stereocenters. The molecule has 0 aromatic heterocycles. The first-order valence-corrected chi connectivity index (χ1v) is 4.27. The van der Waals surface area contributed by atoms with E-state index in [9.17, 15) is 0 Å². The minimum Gasteiger partial charge on any atom is -0.193 e. The fourth-order valence-electron chi connectivity index (χ4n) is 1.10. The van der Waals surface area contributed by atoms with E-state index in [4.69, 9.17) is 10.5 Å². The molecule has 0 heterocycles. The highest BCUT2D eigenvalue weighted by Crippen LogP contribution is 1.87. The van der Waals surface area contributed by atoms with Gasteiger partial charge >= 0.3 is 0 Å². The molecule has 0 saturated heterocycles. The normalized spacial score (nSPS) is 8.57. The van der Waals surface area contributed by atoms with Crippen molar-refractivity contribution in [1.82, 2.24) is 0 Å². The third-order valence-corrected chi connectivity index (χ3v) is 2.09. The van der Waals surface area contributed by atoms with Crippen LogP contribution in [0.1, 0.15) is 13.8 Å². The van der Waals surface area contributed by atoms with Crippen molar-refractivity contribution in [3.63, 3.8) is 0 Å². The molecule has 2 nitrogen and oxygen atoms in total. The molecule has 0 aliphatic rings. The molecule has 2 heteroatoms. The third-order valence-electron chi connectivity index (χ3n) is 2.09. The molecule has 1 aromatic rings. The predicted molar refractivity (Wildman–Crippen MR) is 55.1 cm³/mol. The Morgan fingerprint density at radius 1 is 0.857 bits per heavy atom. The SMILES string of the molecule is CC(C#N)=c1ccc(=C(C)C#N)cc1. The van der Waals surface area contributed by atoms with E-state index in [1.807, 2.05) is 24.3 Å². The van der Waals surface area contributed by atoms with Gasteiger partial charge in [0.15, 0.2) is 0 Å². The number of nitrogens with zero attached hydrogens (tertiary/aromatic N) is 2. The monoisotopic (exact) mass is 182 g/mol. The van der Waals surface area contributed by atoms with E-state index in [1.165, 1.54) is 0 Å². The number of hydrogen-bond donors (Lipinski definition) is 0. The molecule has 0 N–H and O–H groups in total. The second kappa shape index (κ2) is 4.25. The maximum atomic E-state index is 8.67. The highest BCUT2D eigenvalue weighted by Gasteiger charge is 1.89. The minimum absolute atomic E-state index is 0.686. The predicted octanol–water partition coefficient (Wildman–Crippen LogP) is 1.07. The molecule has 0 bridgehead atoms. The zero-order valence-corrected chi connectivity index (χ0v) is 8.20. The van der Waals surface area contributed by atoms with Gasteiger partial charge in [0, 0.05) is 11.1 Å². The summed E-state index contributed by atoms with van der Waals surface area (Å²) in [7, 11) is 0. The van der Waals surface area contributed by atoms with Gasteiger partial charge in [-0.1, -0.05) is 24.3 Å². The zero-order chi connectivity index (χ0) is 10.6. The summed E-state index contributed by atoms with van der Waals surface area (Å²) in [6.45, 7) is 3.55. The summed E-state index contributed by atoms with van der Waals surface area (Å²) in [5.74, 6) is 0. The highest BCUT2D eigenvalue weighted by molar-refractivity contribution is 5.59. The average Bonchev–Trinajstić information content (AvgIpc) is 2.27. The van der Waals surface area contributed by atoms with Gasteiger partial charge in [0.1, 0.15) is 0 Å². The van der Waals surface area contributed by atoms with Crippen LogP contribution in [0.2, 0.25) is 0 Å². The molecule has 0 unspecified atom stereocenters. The van der Waals surface area contributed by atoms with Crippen LogP contribution in [0.25, 0.3) is 11.1 Å². The molecule has 14 heavy (non-hydrogen) atoms. The molecule has 0 spiro atoms. The lowest BCUT2D eigenvalue weighted by Crippen LogP contribution is -2.10. The molecule has 68 valence electrons. The molecule has 0 aliphatic carbocycles. The van der Waals surface area contributed by atoms with E-state index in [1.54, 1.807) is 13.8 Å². The van der Waals surface area contributed by atoms with Crippen molar-refractivity contribution >= 4 is 11.1 Å². The van der Waals surface area contributed by atoms with Crippen molar-refractivity contribution in [2.75, 3.05) is 0 Å². The van der Waals surface area contributed by atoms with Gasteiger partial charge in [0.2, 0.25) is 0 Å². The summed E-state index contributed by atoms with van der Waals surface area (Å²) in [5, 5.41) is 19.1. The fraction of sp³-hybridized carbons (Fsp3) is 0.167. The number of nitriles is 2. The first kappa shape index (κ1) is 10.0. The van der Waals surface area contributed by atoms with Crippen molar-refractivity contribution in [3.05, 3.63) is 34.7 Å². The second-order valence-corrected chi connectivity index (χ2v) is 3.05. The number of hydrogen-bond acceptors (Lipinski definition) is 2. The van der Waals surface area contributed by atoms with Crippen molar-refractivity contribution in [3.8, 4) is 12.1 Å². The van der Waals surface area contributed by atoms with Gasteiger partial charge in [-0.3, -0.25) is 0 Å². The van der Waals surface area contributed by atoms with Gasteiger partial charge in [-0.15, -0.1) is 0 Å².